The summed E-state index contributed by atoms with van der Waals surface area (Å²) < 4.78 is 1.90. The lowest BCUT2D eigenvalue weighted by Crippen LogP contribution is -2.31. The van der Waals surface area contributed by atoms with Crippen LogP contribution in [0.15, 0.2) is 43.1 Å². The van der Waals surface area contributed by atoms with E-state index in [0.29, 0.717) is 5.69 Å². The molecule has 4 rings (SSSR count). The highest BCUT2D eigenvalue weighted by Gasteiger charge is 2.32. The number of likely N-dealkylation sites (tertiary alicyclic amines) is 1. The summed E-state index contributed by atoms with van der Waals surface area (Å²) in [6, 6.07) is 5.81. The molecule has 1 amide bonds. The maximum atomic E-state index is 12.9. The van der Waals surface area contributed by atoms with Gasteiger partial charge in [0, 0.05) is 25.1 Å². The van der Waals surface area contributed by atoms with Crippen LogP contribution in [0.3, 0.4) is 0 Å². The number of nitrogens with zero attached hydrogens (tertiary/aromatic N) is 5. The van der Waals surface area contributed by atoms with Gasteiger partial charge in [0.15, 0.2) is 0 Å². The lowest BCUT2D eigenvalue weighted by molar-refractivity contribution is 0.0727. The number of hydrogen-bond donors (Lipinski definition) is 0. The topological polar surface area (TPSA) is 63.4 Å². The van der Waals surface area contributed by atoms with E-state index in [1.54, 1.807) is 12.4 Å². The van der Waals surface area contributed by atoms with E-state index in [0.717, 1.165) is 36.3 Å². The zero-order valence-electron chi connectivity index (χ0n) is 12.9. The number of hydrogen-bond acceptors (Lipinski definition) is 4. The first-order valence-electron chi connectivity index (χ1n) is 7.74. The average molecular weight is 307 g/mol. The summed E-state index contributed by atoms with van der Waals surface area (Å²) in [6.45, 7) is 2.76. The molecule has 1 aliphatic heterocycles. The highest BCUT2D eigenvalue weighted by Crippen LogP contribution is 2.31. The lowest BCUT2D eigenvalue weighted by atomic mass is 10.1. The molecule has 0 aromatic carbocycles. The number of rotatable bonds is 2. The van der Waals surface area contributed by atoms with Gasteiger partial charge in [-0.1, -0.05) is 6.07 Å². The number of imidazole rings is 1. The average Bonchev–Trinajstić information content (AvgIpc) is 3.21. The molecule has 1 aliphatic rings. The minimum atomic E-state index is -0.0348. The van der Waals surface area contributed by atoms with Gasteiger partial charge in [0.25, 0.3) is 5.91 Å². The van der Waals surface area contributed by atoms with Gasteiger partial charge < -0.3 is 9.30 Å². The molecule has 116 valence electrons. The van der Waals surface area contributed by atoms with E-state index in [2.05, 4.69) is 15.0 Å². The van der Waals surface area contributed by atoms with Crippen molar-refractivity contribution in [1.29, 1.82) is 0 Å². The summed E-state index contributed by atoms with van der Waals surface area (Å²) in [5.41, 5.74) is 3.30. The Bertz CT molecular complexity index is 858. The number of fused-ring (bicyclic) bond motifs is 1. The van der Waals surface area contributed by atoms with E-state index in [-0.39, 0.29) is 11.9 Å². The number of pyridine rings is 1. The summed E-state index contributed by atoms with van der Waals surface area (Å²) in [4.78, 5) is 27.5. The van der Waals surface area contributed by atoms with Crippen LogP contribution in [-0.2, 0) is 0 Å². The van der Waals surface area contributed by atoms with Crippen molar-refractivity contribution in [3.05, 3.63) is 60.1 Å². The van der Waals surface area contributed by atoms with Gasteiger partial charge in [-0.3, -0.25) is 4.79 Å². The molecule has 0 radical (unpaired) electrons. The molecule has 0 bridgehead atoms. The molecule has 6 nitrogen and oxygen atoms in total. The lowest BCUT2D eigenvalue weighted by Gasteiger charge is -2.23. The zero-order valence-corrected chi connectivity index (χ0v) is 12.9. The molecule has 3 aromatic rings. The maximum absolute atomic E-state index is 12.9. The zero-order chi connectivity index (χ0) is 15.8. The minimum absolute atomic E-state index is 0.0112. The number of carbonyl (C=O) groups excluding carboxylic acids is 1. The highest BCUT2D eigenvalue weighted by molar-refractivity contribution is 5.93. The Labute approximate surface area is 133 Å². The van der Waals surface area contributed by atoms with E-state index in [1.165, 1.54) is 6.33 Å². The first-order chi connectivity index (χ1) is 11.2. The minimum Gasteiger partial charge on any atom is -0.329 e. The van der Waals surface area contributed by atoms with E-state index < -0.39 is 0 Å². The second kappa shape index (κ2) is 5.46. The molecule has 0 spiro atoms. The Morgan fingerprint density at radius 2 is 2.17 bits per heavy atom. The Morgan fingerprint density at radius 3 is 3.00 bits per heavy atom. The molecule has 0 saturated carbocycles. The van der Waals surface area contributed by atoms with Crippen molar-refractivity contribution in [2.75, 3.05) is 6.54 Å². The Balaban J connectivity index is 1.66. The van der Waals surface area contributed by atoms with Gasteiger partial charge in [-0.2, -0.15) is 0 Å². The molecule has 0 aliphatic carbocycles. The molecule has 6 heteroatoms. The molecular weight excluding hydrogens is 290 g/mol. The molecule has 23 heavy (non-hydrogen) atoms. The molecule has 3 aromatic heterocycles. The van der Waals surface area contributed by atoms with Crippen LogP contribution in [-0.4, -0.2) is 36.7 Å². The standard InChI is InChI=1S/C17H17N5O/c1-12-4-5-16-20-14(10-21(16)9-12)17(23)22-8-2-3-15(22)13-6-7-18-11-19-13/h4-7,9-11,15H,2-3,8H2,1H3. The van der Waals surface area contributed by atoms with Crippen LogP contribution < -0.4 is 0 Å². The van der Waals surface area contributed by atoms with Gasteiger partial charge in [-0.15, -0.1) is 0 Å². The van der Waals surface area contributed by atoms with Gasteiger partial charge in [-0.05, 0) is 37.5 Å². The van der Waals surface area contributed by atoms with Crippen molar-refractivity contribution in [2.24, 2.45) is 0 Å². The van der Waals surface area contributed by atoms with E-state index >= 15 is 0 Å². The number of aromatic nitrogens is 4. The van der Waals surface area contributed by atoms with E-state index in [4.69, 9.17) is 0 Å². The van der Waals surface area contributed by atoms with Gasteiger partial charge in [0.1, 0.15) is 17.7 Å². The van der Waals surface area contributed by atoms with Crippen molar-refractivity contribution < 1.29 is 4.79 Å². The maximum Gasteiger partial charge on any atom is 0.274 e. The smallest absolute Gasteiger partial charge is 0.274 e. The molecule has 1 saturated heterocycles. The van der Waals surface area contributed by atoms with Crippen molar-refractivity contribution >= 4 is 11.6 Å². The van der Waals surface area contributed by atoms with Crippen LogP contribution >= 0.6 is 0 Å². The van der Waals surface area contributed by atoms with E-state index in [9.17, 15) is 4.79 Å². The summed E-state index contributed by atoms with van der Waals surface area (Å²) in [5.74, 6) is -0.0348. The van der Waals surface area contributed by atoms with Crippen molar-refractivity contribution in [3.63, 3.8) is 0 Å². The molecule has 4 heterocycles. The Kier molecular flexibility index (Phi) is 3.29. The quantitative estimate of drug-likeness (QED) is 0.729. The summed E-state index contributed by atoms with van der Waals surface area (Å²) in [5, 5.41) is 0. The third-order valence-corrected chi connectivity index (χ3v) is 4.28. The van der Waals surface area contributed by atoms with Crippen LogP contribution in [0, 0.1) is 6.92 Å². The molecule has 1 unspecified atom stereocenters. The van der Waals surface area contributed by atoms with E-state index in [1.807, 2.05) is 40.6 Å². The largest absolute Gasteiger partial charge is 0.329 e. The third-order valence-electron chi connectivity index (χ3n) is 4.28. The number of amides is 1. The fraction of sp³-hybridized carbons (Fsp3) is 0.294. The fourth-order valence-electron chi connectivity index (χ4n) is 3.17. The van der Waals surface area contributed by atoms with Crippen LogP contribution in [0.5, 0.6) is 0 Å². The SMILES string of the molecule is Cc1ccc2nc(C(=O)N3CCCC3c3ccncn3)cn2c1. The highest BCUT2D eigenvalue weighted by atomic mass is 16.2. The van der Waals surface area contributed by atoms with Crippen molar-refractivity contribution in [1.82, 2.24) is 24.3 Å². The summed E-state index contributed by atoms with van der Waals surface area (Å²) >= 11 is 0. The van der Waals surface area contributed by atoms with Crippen LogP contribution in [0.2, 0.25) is 0 Å². The van der Waals surface area contributed by atoms with Crippen LogP contribution in [0.4, 0.5) is 0 Å². The summed E-state index contributed by atoms with van der Waals surface area (Å²) in [7, 11) is 0. The van der Waals surface area contributed by atoms with Crippen molar-refractivity contribution in [2.45, 2.75) is 25.8 Å². The first-order valence-corrected chi connectivity index (χ1v) is 7.74. The van der Waals surface area contributed by atoms with Crippen LogP contribution in [0.1, 0.15) is 40.6 Å². The van der Waals surface area contributed by atoms with Gasteiger partial charge in [-0.25, -0.2) is 15.0 Å². The second-order valence-corrected chi connectivity index (χ2v) is 5.89. The molecule has 1 fully saturated rings. The van der Waals surface area contributed by atoms with Gasteiger partial charge >= 0.3 is 0 Å². The number of carbonyl (C=O) groups is 1. The first kappa shape index (κ1) is 13.9. The van der Waals surface area contributed by atoms with Crippen LogP contribution in [0.25, 0.3) is 5.65 Å². The third kappa shape index (κ3) is 2.46. The predicted octanol–water partition coefficient (Wildman–Crippen LogP) is 2.41. The molecular formula is C17H17N5O. The van der Waals surface area contributed by atoms with Gasteiger partial charge in [0.2, 0.25) is 0 Å². The molecule has 0 N–H and O–H groups in total. The summed E-state index contributed by atoms with van der Waals surface area (Å²) in [6.07, 6.45) is 8.94. The normalized spacial score (nSPS) is 17.8. The fourth-order valence-corrected chi connectivity index (χ4v) is 3.17. The Morgan fingerprint density at radius 1 is 1.26 bits per heavy atom. The Hall–Kier alpha value is -2.76. The monoisotopic (exact) mass is 307 g/mol. The van der Waals surface area contributed by atoms with Gasteiger partial charge in [0.05, 0.1) is 11.7 Å². The second-order valence-electron chi connectivity index (χ2n) is 5.89. The van der Waals surface area contributed by atoms with Crippen molar-refractivity contribution in [3.8, 4) is 0 Å². The predicted molar refractivity (Wildman–Crippen MR) is 85.0 cm³/mol. The molecule has 1 atom stereocenters. The number of aryl methyl sites for hydroxylation is 1.